The van der Waals surface area contributed by atoms with E-state index in [1.807, 2.05) is 6.92 Å². The van der Waals surface area contributed by atoms with Crippen molar-refractivity contribution >= 4 is 29.9 Å². The summed E-state index contributed by atoms with van der Waals surface area (Å²) in [4.78, 5) is 13.3. The van der Waals surface area contributed by atoms with Crippen LogP contribution in [0.1, 0.15) is 20.3 Å². The molecular formula is C19H38F3IN6. The lowest BCUT2D eigenvalue weighted by Gasteiger charge is -2.37. The average Bonchev–Trinajstić information content (AvgIpc) is 3.07. The monoisotopic (exact) mass is 534 g/mol. The molecule has 1 N–H and O–H groups in total. The summed E-state index contributed by atoms with van der Waals surface area (Å²) >= 11 is 0. The van der Waals surface area contributed by atoms with Gasteiger partial charge in [-0.25, -0.2) is 0 Å². The number of nitrogens with one attached hydrogen (secondary N) is 1. The molecule has 0 radical (unpaired) electrons. The van der Waals surface area contributed by atoms with E-state index in [2.05, 4.69) is 34.1 Å². The van der Waals surface area contributed by atoms with Crippen molar-refractivity contribution in [3.63, 3.8) is 0 Å². The number of likely N-dealkylation sites (tertiary alicyclic amines) is 1. The van der Waals surface area contributed by atoms with E-state index >= 15 is 0 Å². The molecule has 0 aromatic rings. The van der Waals surface area contributed by atoms with Gasteiger partial charge in [0.15, 0.2) is 5.96 Å². The van der Waals surface area contributed by atoms with Crippen LogP contribution < -0.4 is 5.32 Å². The van der Waals surface area contributed by atoms with Gasteiger partial charge >= 0.3 is 6.18 Å². The van der Waals surface area contributed by atoms with Crippen LogP contribution in [0.4, 0.5) is 13.2 Å². The summed E-state index contributed by atoms with van der Waals surface area (Å²) in [6.07, 6.45) is -3.23. The lowest BCUT2D eigenvalue weighted by Crippen LogP contribution is -2.51. The molecule has 2 saturated heterocycles. The zero-order valence-corrected chi connectivity index (χ0v) is 20.5. The van der Waals surface area contributed by atoms with E-state index in [-0.39, 0.29) is 29.9 Å². The normalized spacial score (nSPS) is 24.8. The zero-order valence-electron chi connectivity index (χ0n) is 18.2. The smallest absolute Gasteiger partial charge is 0.357 e. The molecule has 6 nitrogen and oxygen atoms in total. The van der Waals surface area contributed by atoms with Crippen molar-refractivity contribution in [3.8, 4) is 0 Å². The van der Waals surface area contributed by atoms with Crippen LogP contribution in [0.25, 0.3) is 0 Å². The molecule has 0 amide bonds. The molecule has 29 heavy (non-hydrogen) atoms. The first-order chi connectivity index (χ1) is 13.2. The fourth-order valence-electron chi connectivity index (χ4n) is 4.01. The van der Waals surface area contributed by atoms with Crippen LogP contribution >= 0.6 is 24.0 Å². The minimum atomic E-state index is -4.14. The van der Waals surface area contributed by atoms with E-state index in [1.54, 1.807) is 6.92 Å². The molecule has 0 spiro atoms. The predicted octanol–water partition coefficient (Wildman–Crippen LogP) is 2.02. The van der Waals surface area contributed by atoms with Gasteiger partial charge in [0.05, 0.1) is 13.1 Å². The molecule has 2 aliphatic heterocycles. The number of guanidine groups is 1. The Kier molecular flexibility index (Phi) is 11.5. The first-order valence-electron chi connectivity index (χ1n) is 10.4. The summed E-state index contributed by atoms with van der Waals surface area (Å²) in [6, 6.07) is 0.396. The van der Waals surface area contributed by atoms with Gasteiger partial charge in [-0.15, -0.1) is 24.0 Å². The molecule has 172 valence electrons. The third-order valence-electron chi connectivity index (χ3n) is 5.72. The Labute approximate surface area is 190 Å². The van der Waals surface area contributed by atoms with E-state index in [4.69, 9.17) is 4.99 Å². The molecule has 2 aliphatic rings. The van der Waals surface area contributed by atoms with E-state index in [0.29, 0.717) is 19.1 Å². The Hall–Kier alpha value is -0.330. The lowest BCUT2D eigenvalue weighted by molar-refractivity contribution is -0.146. The Bertz CT molecular complexity index is 505. The second-order valence-corrected chi connectivity index (χ2v) is 8.13. The van der Waals surface area contributed by atoms with Crippen molar-refractivity contribution in [2.45, 2.75) is 32.5 Å². The summed E-state index contributed by atoms with van der Waals surface area (Å²) < 4.78 is 38.2. The van der Waals surface area contributed by atoms with Crippen molar-refractivity contribution in [2.24, 2.45) is 10.9 Å². The Morgan fingerprint density at radius 2 is 1.86 bits per heavy atom. The highest BCUT2D eigenvalue weighted by molar-refractivity contribution is 14.0. The van der Waals surface area contributed by atoms with Crippen LogP contribution in [0.5, 0.6) is 0 Å². The van der Waals surface area contributed by atoms with E-state index in [1.165, 1.54) is 4.90 Å². The molecular weight excluding hydrogens is 496 g/mol. The highest BCUT2D eigenvalue weighted by Crippen LogP contribution is 2.21. The van der Waals surface area contributed by atoms with Crippen LogP contribution in [-0.2, 0) is 0 Å². The summed E-state index contributed by atoms with van der Waals surface area (Å²) in [6.45, 7) is 10.2. The Balaban J connectivity index is 0.00000420. The topological polar surface area (TPSA) is 37.4 Å². The van der Waals surface area contributed by atoms with Gasteiger partial charge in [0.2, 0.25) is 0 Å². The van der Waals surface area contributed by atoms with Gasteiger partial charge in [0.1, 0.15) is 0 Å². The number of halogens is 4. The Morgan fingerprint density at radius 1 is 1.14 bits per heavy atom. The van der Waals surface area contributed by atoms with Crippen LogP contribution in [0.2, 0.25) is 0 Å². The number of alkyl halides is 3. The van der Waals surface area contributed by atoms with Gasteiger partial charge < -0.3 is 15.1 Å². The molecule has 0 aliphatic carbocycles. The number of likely N-dealkylation sites (N-methyl/N-ethyl adjacent to an activating group) is 2. The maximum atomic E-state index is 12.7. The fourth-order valence-corrected chi connectivity index (χ4v) is 4.01. The maximum Gasteiger partial charge on any atom is 0.401 e. The van der Waals surface area contributed by atoms with Crippen molar-refractivity contribution in [1.82, 2.24) is 24.9 Å². The molecule has 2 atom stereocenters. The third-order valence-corrected chi connectivity index (χ3v) is 5.72. The number of nitrogens with zero attached hydrogens (tertiary/aromatic N) is 5. The molecule has 0 aromatic heterocycles. The SMILES string of the molecule is CCNC(=NCC1CN(C)CCN1C)N1CCC(CN(CC)CC(F)(F)F)C1.I. The van der Waals surface area contributed by atoms with Crippen molar-refractivity contribution in [3.05, 3.63) is 0 Å². The van der Waals surface area contributed by atoms with Crippen molar-refractivity contribution in [2.75, 3.05) is 79.5 Å². The van der Waals surface area contributed by atoms with Crippen molar-refractivity contribution < 1.29 is 13.2 Å². The van der Waals surface area contributed by atoms with Gasteiger partial charge in [0, 0.05) is 51.9 Å². The molecule has 0 saturated carbocycles. The standard InChI is InChI=1S/C19H37F3N6.HI/c1-5-23-18(24-11-17-14-25(3)9-10-26(17)4)28-8-7-16(13-28)12-27(6-2)15-19(20,21)22;/h16-17H,5-15H2,1-4H3,(H,23,24);1H. The summed E-state index contributed by atoms with van der Waals surface area (Å²) in [5.41, 5.74) is 0. The molecule has 2 heterocycles. The molecule has 0 bridgehead atoms. The van der Waals surface area contributed by atoms with Crippen molar-refractivity contribution in [1.29, 1.82) is 0 Å². The molecule has 2 rings (SSSR count). The average molecular weight is 534 g/mol. The maximum absolute atomic E-state index is 12.7. The van der Waals surface area contributed by atoms with Gasteiger partial charge in [-0.2, -0.15) is 13.2 Å². The number of hydrogen-bond acceptors (Lipinski definition) is 4. The minimum Gasteiger partial charge on any atom is -0.357 e. The summed E-state index contributed by atoms with van der Waals surface area (Å²) in [7, 11) is 4.28. The van der Waals surface area contributed by atoms with Gasteiger partial charge in [-0.1, -0.05) is 6.92 Å². The van der Waals surface area contributed by atoms with Gasteiger partial charge in [0.25, 0.3) is 0 Å². The molecule has 0 aromatic carbocycles. The summed E-state index contributed by atoms with van der Waals surface area (Å²) in [5, 5.41) is 3.37. The molecule has 10 heteroatoms. The fraction of sp³-hybridized carbons (Fsp3) is 0.947. The van der Waals surface area contributed by atoms with E-state index < -0.39 is 12.7 Å². The quantitative estimate of drug-likeness (QED) is 0.308. The second-order valence-electron chi connectivity index (χ2n) is 8.13. The van der Waals surface area contributed by atoms with E-state index in [0.717, 1.165) is 58.2 Å². The lowest BCUT2D eigenvalue weighted by atomic mass is 10.1. The number of piperazine rings is 1. The predicted molar refractivity (Wildman–Crippen MR) is 123 cm³/mol. The number of rotatable bonds is 7. The minimum absolute atomic E-state index is 0. The molecule has 2 fully saturated rings. The number of hydrogen-bond donors (Lipinski definition) is 1. The van der Waals surface area contributed by atoms with Gasteiger partial charge in [-0.3, -0.25) is 14.8 Å². The van der Waals surface area contributed by atoms with Gasteiger partial charge in [-0.05, 0) is 39.9 Å². The van der Waals surface area contributed by atoms with Crippen LogP contribution in [0.3, 0.4) is 0 Å². The van der Waals surface area contributed by atoms with Crippen LogP contribution in [0, 0.1) is 5.92 Å². The first kappa shape index (κ1) is 26.7. The van der Waals surface area contributed by atoms with E-state index in [9.17, 15) is 13.2 Å². The largest absolute Gasteiger partial charge is 0.401 e. The molecule has 2 unspecified atom stereocenters. The van der Waals surface area contributed by atoms with Crippen LogP contribution in [0.15, 0.2) is 4.99 Å². The Morgan fingerprint density at radius 3 is 2.48 bits per heavy atom. The van der Waals surface area contributed by atoms with Crippen LogP contribution in [-0.4, -0.2) is 117 Å². The number of aliphatic imine (C=N–C) groups is 1. The highest BCUT2D eigenvalue weighted by atomic mass is 127. The zero-order chi connectivity index (χ0) is 20.7. The summed E-state index contributed by atoms with van der Waals surface area (Å²) in [5.74, 6) is 1.14. The highest BCUT2D eigenvalue weighted by Gasteiger charge is 2.33. The first-order valence-corrected chi connectivity index (χ1v) is 10.4. The third kappa shape index (κ3) is 9.14. The second kappa shape index (κ2) is 12.5.